The number of aliphatic carboxylic acids is 1. The van der Waals surface area contributed by atoms with Crippen molar-refractivity contribution in [2.24, 2.45) is 13.0 Å². The first-order valence-corrected chi connectivity index (χ1v) is 6.67. The van der Waals surface area contributed by atoms with E-state index in [-0.39, 0.29) is 18.2 Å². The number of amides is 1. The Morgan fingerprint density at radius 2 is 2.16 bits per heavy atom. The molecule has 1 aromatic rings. The first-order valence-electron chi connectivity index (χ1n) is 5.92. The molecule has 0 aromatic carbocycles. The van der Waals surface area contributed by atoms with E-state index < -0.39 is 5.97 Å². The van der Waals surface area contributed by atoms with Gasteiger partial charge >= 0.3 is 5.97 Å². The van der Waals surface area contributed by atoms with Crippen LogP contribution in [-0.4, -0.2) is 39.5 Å². The van der Waals surface area contributed by atoms with E-state index in [2.05, 4.69) is 0 Å². The molecule has 5 nitrogen and oxygen atoms in total. The molecule has 0 saturated carbocycles. The predicted octanol–water partition coefficient (Wildman–Crippen LogP) is 2.27. The first-order chi connectivity index (χ1) is 8.90. The van der Waals surface area contributed by atoms with E-state index in [0.29, 0.717) is 35.4 Å². The standard InChI is InChI=1S/C12H14Cl2N2O3/c1-15-9(5-8(13)11(15)14)12(19)16-3-2-7(6-16)4-10(17)18/h5,7H,2-4,6H2,1H3,(H,17,18). The molecule has 0 aliphatic carbocycles. The summed E-state index contributed by atoms with van der Waals surface area (Å²) in [5.74, 6) is -0.971. The summed E-state index contributed by atoms with van der Waals surface area (Å²) in [5.41, 5.74) is 0.422. The molecule has 1 N–H and O–H groups in total. The summed E-state index contributed by atoms with van der Waals surface area (Å²) in [6.07, 6.45) is 0.808. The van der Waals surface area contributed by atoms with Crippen LogP contribution in [0.1, 0.15) is 23.3 Å². The van der Waals surface area contributed by atoms with Crippen molar-refractivity contribution in [1.29, 1.82) is 0 Å². The Hall–Kier alpha value is -1.20. The monoisotopic (exact) mass is 304 g/mol. The van der Waals surface area contributed by atoms with Gasteiger partial charge in [-0.2, -0.15) is 0 Å². The molecule has 2 heterocycles. The van der Waals surface area contributed by atoms with Crippen molar-refractivity contribution in [1.82, 2.24) is 9.47 Å². The van der Waals surface area contributed by atoms with Gasteiger partial charge in [0, 0.05) is 26.6 Å². The summed E-state index contributed by atoms with van der Waals surface area (Å²) in [7, 11) is 1.67. The fourth-order valence-electron chi connectivity index (χ4n) is 2.34. The highest BCUT2D eigenvalue weighted by atomic mass is 35.5. The second kappa shape index (κ2) is 5.43. The van der Waals surface area contributed by atoms with Crippen LogP contribution in [0.5, 0.6) is 0 Å². The van der Waals surface area contributed by atoms with Crippen molar-refractivity contribution in [2.45, 2.75) is 12.8 Å². The van der Waals surface area contributed by atoms with Gasteiger partial charge < -0.3 is 14.6 Å². The molecule has 1 unspecified atom stereocenters. The summed E-state index contributed by atoms with van der Waals surface area (Å²) >= 11 is 11.8. The minimum absolute atomic E-state index is 0.0210. The Labute approximate surface area is 120 Å². The van der Waals surface area contributed by atoms with Gasteiger partial charge in [0.25, 0.3) is 5.91 Å². The molecule has 1 aliphatic rings. The van der Waals surface area contributed by atoms with Gasteiger partial charge in [-0.15, -0.1) is 0 Å². The van der Waals surface area contributed by atoms with Crippen LogP contribution in [0.4, 0.5) is 0 Å². The van der Waals surface area contributed by atoms with Crippen LogP contribution in [0.25, 0.3) is 0 Å². The van der Waals surface area contributed by atoms with E-state index >= 15 is 0 Å². The molecule has 7 heteroatoms. The van der Waals surface area contributed by atoms with Gasteiger partial charge in [-0.1, -0.05) is 23.2 Å². The Kier molecular flexibility index (Phi) is 4.06. The van der Waals surface area contributed by atoms with Crippen molar-refractivity contribution < 1.29 is 14.7 Å². The molecule has 1 aromatic heterocycles. The molecule has 19 heavy (non-hydrogen) atoms. The number of rotatable bonds is 3. The predicted molar refractivity (Wildman–Crippen MR) is 71.7 cm³/mol. The molecule has 104 valence electrons. The lowest BCUT2D eigenvalue weighted by molar-refractivity contribution is -0.138. The average Bonchev–Trinajstić information content (AvgIpc) is 2.89. The van der Waals surface area contributed by atoms with Gasteiger partial charge in [-0.25, -0.2) is 0 Å². The summed E-state index contributed by atoms with van der Waals surface area (Å²) in [5, 5.41) is 9.42. The summed E-state index contributed by atoms with van der Waals surface area (Å²) in [4.78, 5) is 24.6. The molecule has 0 radical (unpaired) electrons. The van der Waals surface area contributed by atoms with E-state index in [0.717, 1.165) is 0 Å². The second-order valence-corrected chi connectivity index (χ2v) is 5.50. The van der Waals surface area contributed by atoms with Crippen molar-refractivity contribution in [3.05, 3.63) is 21.9 Å². The Morgan fingerprint density at radius 1 is 1.47 bits per heavy atom. The van der Waals surface area contributed by atoms with Gasteiger partial charge in [0.15, 0.2) is 0 Å². The lowest BCUT2D eigenvalue weighted by atomic mass is 10.1. The average molecular weight is 305 g/mol. The third-order valence-electron chi connectivity index (χ3n) is 3.37. The third-order valence-corrected chi connectivity index (χ3v) is 4.21. The number of carbonyl (C=O) groups is 2. The van der Waals surface area contributed by atoms with Crippen LogP contribution >= 0.6 is 23.2 Å². The van der Waals surface area contributed by atoms with Crippen molar-refractivity contribution in [3.8, 4) is 0 Å². The van der Waals surface area contributed by atoms with E-state index in [1.54, 1.807) is 11.9 Å². The maximum atomic E-state index is 12.3. The zero-order chi connectivity index (χ0) is 14.2. The van der Waals surface area contributed by atoms with Gasteiger partial charge in [-0.05, 0) is 18.4 Å². The first kappa shape index (κ1) is 14.2. The summed E-state index contributed by atoms with van der Waals surface area (Å²) in [6, 6.07) is 1.54. The van der Waals surface area contributed by atoms with Crippen molar-refractivity contribution in [3.63, 3.8) is 0 Å². The molecule has 1 fully saturated rings. The maximum absolute atomic E-state index is 12.3. The van der Waals surface area contributed by atoms with Gasteiger partial charge in [-0.3, -0.25) is 9.59 Å². The molecule has 1 aliphatic heterocycles. The maximum Gasteiger partial charge on any atom is 0.303 e. The van der Waals surface area contributed by atoms with Gasteiger partial charge in [0.05, 0.1) is 5.02 Å². The van der Waals surface area contributed by atoms with E-state index in [1.165, 1.54) is 10.6 Å². The Morgan fingerprint density at radius 3 is 2.68 bits per heavy atom. The number of carboxylic acid groups (broad SMARTS) is 1. The highest BCUT2D eigenvalue weighted by Gasteiger charge is 2.30. The third kappa shape index (κ3) is 2.87. The van der Waals surface area contributed by atoms with Crippen LogP contribution in [0.15, 0.2) is 6.07 Å². The fourth-order valence-corrected chi connectivity index (χ4v) is 2.72. The number of aromatic nitrogens is 1. The number of halogens is 2. The van der Waals surface area contributed by atoms with Crippen LogP contribution < -0.4 is 0 Å². The van der Waals surface area contributed by atoms with Gasteiger partial charge in [0.1, 0.15) is 10.8 Å². The summed E-state index contributed by atoms with van der Waals surface area (Å²) in [6.45, 7) is 1.03. The van der Waals surface area contributed by atoms with E-state index in [4.69, 9.17) is 28.3 Å². The lowest BCUT2D eigenvalue weighted by Crippen LogP contribution is -2.30. The zero-order valence-electron chi connectivity index (χ0n) is 10.4. The van der Waals surface area contributed by atoms with Gasteiger partial charge in [0.2, 0.25) is 0 Å². The van der Waals surface area contributed by atoms with E-state index in [9.17, 15) is 9.59 Å². The smallest absolute Gasteiger partial charge is 0.303 e. The molecule has 1 atom stereocenters. The largest absolute Gasteiger partial charge is 0.481 e. The van der Waals surface area contributed by atoms with Crippen molar-refractivity contribution >= 4 is 35.1 Å². The molecule has 1 amide bonds. The van der Waals surface area contributed by atoms with Crippen LogP contribution in [-0.2, 0) is 11.8 Å². The molecular weight excluding hydrogens is 291 g/mol. The lowest BCUT2D eigenvalue weighted by Gasteiger charge is -2.16. The molecule has 0 spiro atoms. The highest BCUT2D eigenvalue weighted by molar-refractivity contribution is 6.41. The SMILES string of the molecule is Cn1c(C(=O)N2CCC(CC(=O)O)C2)cc(Cl)c1Cl. The summed E-state index contributed by atoms with van der Waals surface area (Å²) < 4.78 is 1.54. The number of hydrogen-bond acceptors (Lipinski definition) is 2. The van der Waals surface area contributed by atoms with Crippen LogP contribution in [0.2, 0.25) is 10.2 Å². The van der Waals surface area contributed by atoms with Crippen LogP contribution in [0.3, 0.4) is 0 Å². The fraction of sp³-hybridized carbons (Fsp3) is 0.500. The van der Waals surface area contributed by atoms with Crippen molar-refractivity contribution in [2.75, 3.05) is 13.1 Å². The number of likely N-dealkylation sites (tertiary alicyclic amines) is 1. The second-order valence-electron chi connectivity index (χ2n) is 4.73. The topological polar surface area (TPSA) is 62.5 Å². The number of carboxylic acids is 1. The van der Waals surface area contributed by atoms with E-state index in [1.807, 2.05) is 0 Å². The Bertz CT molecular complexity index is 527. The number of carbonyl (C=O) groups excluding carboxylic acids is 1. The molecular formula is C12H14Cl2N2O3. The highest BCUT2D eigenvalue weighted by Crippen LogP contribution is 2.28. The minimum Gasteiger partial charge on any atom is -0.481 e. The van der Waals surface area contributed by atoms with Crippen LogP contribution in [0, 0.1) is 5.92 Å². The minimum atomic E-state index is -0.829. The molecule has 0 bridgehead atoms. The Balaban J connectivity index is 2.09. The number of hydrogen-bond donors (Lipinski definition) is 1. The normalized spacial score (nSPS) is 18.9. The quantitative estimate of drug-likeness (QED) is 0.932. The number of nitrogens with zero attached hydrogens (tertiary/aromatic N) is 2. The molecule has 2 rings (SSSR count). The zero-order valence-corrected chi connectivity index (χ0v) is 11.9. The molecule has 1 saturated heterocycles.